The summed E-state index contributed by atoms with van der Waals surface area (Å²) in [7, 11) is 3.16. The molecule has 1 aromatic heterocycles. The fraction of sp³-hybridized carbons (Fsp3) is 0.500. The van der Waals surface area contributed by atoms with Crippen LogP contribution in [0.5, 0.6) is 0 Å². The monoisotopic (exact) mass is 315 g/mol. The van der Waals surface area contributed by atoms with Crippen LogP contribution in [0.1, 0.15) is 30.4 Å². The number of likely N-dealkylation sites (N-methyl/N-ethyl adjacent to an activating group) is 2. The van der Waals surface area contributed by atoms with Gasteiger partial charge >= 0.3 is 0 Å². The normalized spacial score (nSPS) is 10.6. The molecule has 0 aliphatic rings. The molecule has 1 heterocycles. The zero-order valence-corrected chi connectivity index (χ0v) is 12.6. The van der Waals surface area contributed by atoms with Crippen molar-refractivity contribution in [3.63, 3.8) is 0 Å². The summed E-state index contributed by atoms with van der Waals surface area (Å²) in [5.41, 5.74) is 0.572. The van der Waals surface area contributed by atoms with Crippen LogP contribution < -0.4 is 5.32 Å². The van der Waals surface area contributed by atoms with Crippen molar-refractivity contribution in [3.8, 4) is 0 Å². The molecular weight excluding hydrogens is 298 g/mol. The Labute approximate surface area is 115 Å². The molecule has 2 amide bonds. The van der Waals surface area contributed by atoms with Crippen molar-refractivity contribution in [2.75, 3.05) is 20.6 Å². The first-order valence-electron chi connectivity index (χ1n) is 5.70. The average molecular weight is 316 g/mol. The Bertz CT molecular complexity index is 454. The van der Waals surface area contributed by atoms with E-state index in [1.807, 2.05) is 24.6 Å². The van der Waals surface area contributed by atoms with Gasteiger partial charge in [0, 0.05) is 30.8 Å². The predicted molar refractivity (Wildman–Crippen MR) is 73.5 cm³/mol. The second kappa shape index (κ2) is 6.04. The Morgan fingerprint density at radius 2 is 2.11 bits per heavy atom. The van der Waals surface area contributed by atoms with E-state index in [4.69, 9.17) is 0 Å². The Kier molecular flexibility index (Phi) is 4.95. The number of carbonyl (C=O) groups is 2. The number of carbonyl (C=O) groups excluding carboxylic acids is 2. The molecule has 100 valence electrons. The lowest BCUT2D eigenvalue weighted by Gasteiger charge is -2.18. The highest BCUT2D eigenvalue weighted by Crippen LogP contribution is 2.20. The first-order valence-corrected chi connectivity index (χ1v) is 6.49. The van der Waals surface area contributed by atoms with Crippen molar-refractivity contribution in [1.82, 2.24) is 14.8 Å². The minimum Gasteiger partial charge on any atom is -0.358 e. The van der Waals surface area contributed by atoms with E-state index in [1.54, 1.807) is 20.2 Å². The maximum Gasteiger partial charge on any atom is 0.270 e. The number of nitrogens with zero attached hydrogens (tertiary/aromatic N) is 2. The van der Waals surface area contributed by atoms with Gasteiger partial charge in [0.1, 0.15) is 5.69 Å². The zero-order valence-electron chi connectivity index (χ0n) is 11.0. The van der Waals surface area contributed by atoms with Gasteiger partial charge in [-0.2, -0.15) is 0 Å². The van der Waals surface area contributed by atoms with Crippen molar-refractivity contribution < 1.29 is 9.59 Å². The van der Waals surface area contributed by atoms with Crippen molar-refractivity contribution in [3.05, 3.63) is 22.4 Å². The van der Waals surface area contributed by atoms with Gasteiger partial charge in [0.25, 0.3) is 5.91 Å². The second-order valence-electron chi connectivity index (χ2n) is 4.38. The van der Waals surface area contributed by atoms with E-state index < -0.39 is 0 Å². The van der Waals surface area contributed by atoms with Crippen LogP contribution in [0.15, 0.2) is 16.7 Å². The molecule has 0 bridgehead atoms. The third-order valence-electron chi connectivity index (χ3n) is 2.60. The van der Waals surface area contributed by atoms with Gasteiger partial charge in [0.2, 0.25) is 5.91 Å². The van der Waals surface area contributed by atoms with E-state index in [-0.39, 0.29) is 24.4 Å². The second-order valence-corrected chi connectivity index (χ2v) is 5.29. The minimum atomic E-state index is -0.187. The summed E-state index contributed by atoms with van der Waals surface area (Å²) < 4.78 is 2.74. The van der Waals surface area contributed by atoms with Gasteiger partial charge in [-0.1, -0.05) is 0 Å². The maximum absolute atomic E-state index is 12.2. The fourth-order valence-corrected chi connectivity index (χ4v) is 2.04. The number of rotatable bonds is 4. The van der Waals surface area contributed by atoms with Crippen molar-refractivity contribution >= 4 is 27.7 Å². The van der Waals surface area contributed by atoms with E-state index in [1.165, 1.54) is 4.90 Å². The molecule has 0 aromatic carbocycles. The zero-order chi connectivity index (χ0) is 13.9. The van der Waals surface area contributed by atoms with Crippen LogP contribution in [0, 0.1) is 0 Å². The average Bonchev–Trinajstić information content (AvgIpc) is 2.70. The van der Waals surface area contributed by atoms with Gasteiger partial charge in [-0.3, -0.25) is 9.59 Å². The van der Waals surface area contributed by atoms with Gasteiger partial charge in [0.15, 0.2) is 0 Å². The van der Waals surface area contributed by atoms with Crippen molar-refractivity contribution in [1.29, 1.82) is 0 Å². The predicted octanol–water partition coefficient (Wildman–Crippen LogP) is 1.65. The molecular formula is C12H18BrN3O2. The molecule has 1 rings (SSSR count). The molecule has 0 fully saturated rings. The van der Waals surface area contributed by atoms with Gasteiger partial charge in [0.05, 0.1) is 6.54 Å². The molecule has 18 heavy (non-hydrogen) atoms. The molecule has 1 aromatic rings. The molecule has 6 heteroatoms. The summed E-state index contributed by atoms with van der Waals surface area (Å²) in [4.78, 5) is 24.9. The lowest BCUT2D eigenvalue weighted by Crippen LogP contribution is -2.37. The largest absolute Gasteiger partial charge is 0.358 e. The van der Waals surface area contributed by atoms with Crippen LogP contribution in [-0.4, -0.2) is 41.9 Å². The highest BCUT2D eigenvalue weighted by molar-refractivity contribution is 9.10. The lowest BCUT2D eigenvalue weighted by molar-refractivity contribution is -0.121. The highest BCUT2D eigenvalue weighted by atomic mass is 79.9. The molecule has 0 radical (unpaired) electrons. The summed E-state index contributed by atoms with van der Waals surface area (Å²) in [5, 5.41) is 2.50. The highest BCUT2D eigenvalue weighted by Gasteiger charge is 2.19. The third kappa shape index (κ3) is 3.35. The SMILES string of the molecule is CNC(=O)CN(C)C(=O)c1cc(Br)cn1C(C)C. The van der Waals surface area contributed by atoms with Crippen LogP contribution in [0.25, 0.3) is 0 Å². The Balaban J connectivity index is 2.93. The lowest BCUT2D eigenvalue weighted by atomic mass is 10.3. The van der Waals surface area contributed by atoms with Crippen LogP contribution in [0.4, 0.5) is 0 Å². The molecule has 0 saturated carbocycles. The number of hydrogen-bond donors (Lipinski definition) is 1. The van der Waals surface area contributed by atoms with Crippen LogP contribution in [0.3, 0.4) is 0 Å². The molecule has 0 unspecified atom stereocenters. The molecule has 0 aliphatic heterocycles. The molecule has 0 spiro atoms. The third-order valence-corrected chi connectivity index (χ3v) is 3.03. The smallest absolute Gasteiger partial charge is 0.270 e. The van der Waals surface area contributed by atoms with E-state index >= 15 is 0 Å². The van der Waals surface area contributed by atoms with Crippen molar-refractivity contribution in [2.24, 2.45) is 0 Å². The van der Waals surface area contributed by atoms with Crippen LogP contribution >= 0.6 is 15.9 Å². The molecule has 5 nitrogen and oxygen atoms in total. The molecule has 0 atom stereocenters. The van der Waals surface area contributed by atoms with Gasteiger partial charge < -0.3 is 14.8 Å². The summed E-state index contributed by atoms with van der Waals surface area (Å²) in [6, 6.07) is 1.95. The van der Waals surface area contributed by atoms with Gasteiger partial charge in [-0.05, 0) is 35.8 Å². The first-order chi connectivity index (χ1) is 8.36. The minimum absolute atomic E-state index is 0.0518. The molecule has 0 aliphatic carbocycles. The summed E-state index contributed by atoms with van der Waals surface area (Å²) in [6.07, 6.45) is 1.87. The van der Waals surface area contributed by atoms with E-state index in [2.05, 4.69) is 21.2 Å². The molecule has 0 saturated heterocycles. The molecule has 1 N–H and O–H groups in total. The Morgan fingerprint density at radius 3 is 2.61 bits per heavy atom. The fourth-order valence-electron chi connectivity index (χ4n) is 1.61. The summed E-state index contributed by atoms with van der Waals surface area (Å²) in [6.45, 7) is 4.06. The number of hydrogen-bond acceptors (Lipinski definition) is 2. The quantitative estimate of drug-likeness (QED) is 0.918. The van der Waals surface area contributed by atoms with Gasteiger partial charge in [-0.25, -0.2) is 0 Å². The Morgan fingerprint density at radius 1 is 1.50 bits per heavy atom. The maximum atomic E-state index is 12.2. The summed E-state index contributed by atoms with van der Waals surface area (Å²) in [5.74, 6) is -0.356. The van der Waals surface area contributed by atoms with E-state index in [9.17, 15) is 9.59 Å². The van der Waals surface area contributed by atoms with Gasteiger partial charge in [-0.15, -0.1) is 0 Å². The van der Waals surface area contributed by atoms with Crippen LogP contribution in [-0.2, 0) is 4.79 Å². The number of amides is 2. The summed E-state index contributed by atoms with van der Waals surface area (Å²) >= 11 is 3.36. The standard InChI is InChI=1S/C12H18BrN3O2/c1-8(2)16-6-9(13)5-10(16)12(18)15(4)7-11(17)14-3/h5-6,8H,7H2,1-4H3,(H,14,17). The topological polar surface area (TPSA) is 54.3 Å². The number of halogens is 1. The van der Waals surface area contributed by atoms with E-state index in [0.717, 1.165) is 4.47 Å². The Hall–Kier alpha value is -1.30. The first kappa shape index (κ1) is 14.8. The number of aromatic nitrogens is 1. The van der Waals surface area contributed by atoms with Crippen molar-refractivity contribution in [2.45, 2.75) is 19.9 Å². The van der Waals surface area contributed by atoms with E-state index in [0.29, 0.717) is 5.69 Å². The van der Waals surface area contributed by atoms with Crippen LogP contribution in [0.2, 0.25) is 0 Å². The number of nitrogens with one attached hydrogen (secondary N) is 1.